The van der Waals surface area contributed by atoms with Crippen LogP contribution < -0.4 is 5.43 Å². The zero-order valence-corrected chi connectivity index (χ0v) is 12.5. The van der Waals surface area contributed by atoms with E-state index in [-0.39, 0.29) is 5.91 Å². The maximum absolute atomic E-state index is 12.0. The van der Waals surface area contributed by atoms with Gasteiger partial charge in [-0.2, -0.15) is 10.2 Å². The van der Waals surface area contributed by atoms with Gasteiger partial charge in [0, 0.05) is 18.0 Å². The summed E-state index contributed by atoms with van der Waals surface area (Å²) in [7, 11) is 0. The highest BCUT2D eigenvalue weighted by Gasteiger charge is 2.10. The molecule has 1 amide bonds. The topological polar surface area (TPSA) is 83.0 Å². The van der Waals surface area contributed by atoms with E-state index >= 15 is 0 Å². The highest BCUT2D eigenvalue weighted by molar-refractivity contribution is 5.94. The Morgan fingerprint density at radius 2 is 1.91 bits per heavy atom. The minimum absolute atomic E-state index is 0.346. The minimum Gasteiger partial charge on any atom is -0.272 e. The molecule has 6 heteroatoms. The van der Waals surface area contributed by atoms with Crippen molar-refractivity contribution in [1.29, 1.82) is 0 Å². The van der Waals surface area contributed by atoms with Crippen LogP contribution in [0, 0.1) is 6.92 Å². The fraction of sp³-hybridized carbons (Fsp3) is 0.0588. The number of hydrazone groups is 1. The van der Waals surface area contributed by atoms with E-state index in [0.29, 0.717) is 11.4 Å². The van der Waals surface area contributed by atoms with Crippen LogP contribution in [0.1, 0.15) is 21.6 Å². The molecule has 0 aliphatic rings. The molecule has 0 fully saturated rings. The number of nitrogens with one attached hydrogen (secondary N) is 2. The third-order valence-corrected chi connectivity index (χ3v) is 3.26. The summed E-state index contributed by atoms with van der Waals surface area (Å²) in [6.07, 6.45) is 4.87. The number of aromatic nitrogens is 3. The highest BCUT2D eigenvalue weighted by Crippen LogP contribution is 2.18. The molecule has 0 spiro atoms. The molecule has 0 aliphatic heterocycles. The lowest BCUT2D eigenvalue weighted by atomic mass is 10.1. The summed E-state index contributed by atoms with van der Waals surface area (Å²) in [5.74, 6) is -0.346. The first kappa shape index (κ1) is 14.6. The van der Waals surface area contributed by atoms with Gasteiger partial charge in [0.2, 0.25) is 0 Å². The van der Waals surface area contributed by atoms with Crippen molar-refractivity contribution in [3.05, 3.63) is 71.7 Å². The van der Waals surface area contributed by atoms with Crippen molar-refractivity contribution in [3.63, 3.8) is 0 Å². The van der Waals surface area contributed by atoms with Gasteiger partial charge in [0.25, 0.3) is 5.91 Å². The SMILES string of the molecule is Cc1ccc(-c2cc(C(=O)N/N=C\c3ccncc3)[nH]n2)cc1. The Morgan fingerprint density at radius 1 is 1.17 bits per heavy atom. The molecule has 23 heavy (non-hydrogen) atoms. The minimum atomic E-state index is -0.346. The van der Waals surface area contributed by atoms with Crippen molar-refractivity contribution < 1.29 is 4.79 Å². The van der Waals surface area contributed by atoms with Gasteiger partial charge in [-0.05, 0) is 30.7 Å². The summed E-state index contributed by atoms with van der Waals surface area (Å²) in [6, 6.07) is 13.2. The summed E-state index contributed by atoms with van der Waals surface area (Å²) >= 11 is 0. The van der Waals surface area contributed by atoms with Crippen LogP contribution in [0.4, 0.5) is 0 Å². The fourth-order valence-electron chi connectivity index (χ4n) is 1.99. The highest BCUT2D eigenvalue weighted by atomic mass is 16.2. The Balaban J connectivity index is 1.67. The smallest absolute Gasteiger partial charge is 0.272 e. The number of aryl methyl sites for hydroxylation is 1. The average Bonchev–Trinajstić information content (AvgIpc) is 3.06. The van der Waals surface area contributed by atoms with Crippen LogP contribution in [0.15, 0.2) is 60.0 Å². The molecule has 2 heterocycles. The van der Waals surface area contributed by atoms with Crippen LogP contribution in [-0.2, 0) is 0 Å². The summed E-state index contributed by atoms with van der Waals surface area (Å²) in [6.45, 7) is 2.02. The first-order valence-corrected chi connectivity index (χ1v) is 7.08. The Bertz CT molecular complexity index is 822. The molecular formula is C17H15N5O. The lowest BCUT2D eigenvalue weighted by molar-refractivity contribution is 0.0950. The van der Waals surface area contributed by atoms with Crippen molar-refractivity contribution in [2.45, 2.75) is 6.92 Å². The Labute approximate surface area is 133 Å². The number of aromatic amines is 1. The van der Waals surface area contributed by atoms with Crippen LogP contribution >= 0.6 is 0 Å². The molecule has 0 bridgehead atoms. The number of pyridine rings is 1. The second-order valence-electron chi connectivity index (χ2n) is 5.01. The molecule has 3 rings (SSSR count). The Hall–Kier alpha value is -3.28. The molecule has 0 radical (unpaired) electrons. The molecule has 0 saturated carbocycles. The van der Waals surface area contributed by atoms with Crippen molar-refractivity contribution in [2.24, 2.45) is 5.10 Å². The van der Waals surface area contributed by atoms with E-state index in [9.17, 15) is 4.79 Å². The maximum atomic E-state index is 12.0. The molecule has 0 saturated heterocycles. The number of rotatable bonds is 4. The van der Waals surface area contributed by atoms with E-state index in [0.717, 1.165) is 11.1 Å². The van der Waals surface area contributed by atoms with Crippen LogP contribution in [0.3, 0.4) is 0 Å². The molecular weight excluding hydrogens is 290 g/mol. The van der Waals surface area contributed by atoms with Gasteiger partial charge < -0.3 is 0 Å². The quantitative estimate of drug-likeness (QED) is 0.574. The van der Waals surface area contributed by atoms with Gasteiger partial charge in [0.05, 0.1) is 11.9 Å². The van der Waals surface area contributed by atoms with E-state index in [2.05, 4.69) is 25.7 Å². The van der Waals surface area contributed by atoms with E-state index in [1.54, 1.807) is 36.8 Å². The molecule has 0 atom stereocenters. The number of H-pyrrole nitrogens is 1. The molecule has 6 nitrogen and oxygen atoms in total. The molecule has 1 aromatic carbocycles. The monoisotopic (exact) mass is 305 g/mol. The van der Waals surface area contributed by atoms with Gasteiger partial charge in [0.1, 0.15) is 5.69 Å². The largest absolute Gasteiger partial charge is 0.289 e. The second-order valence-corrected chi connectivity index (χ2v) is 5.01. The lowest BCUT2D eigenvalue weighted by Gasteiger charge is -1.96. The number of amides is 1. The van der Waals surface area contributed by atoms with Crippen LogP contribution in [0.2, 0.25) is 0 Å². The summed E-state index contributed by atoms with van der Waals surface area (Å²) in [5, 5.41) is 10.8. The van der Waals surface area contributed by atoms with E-state index in [4.69, 9.17) is 0 Å². The van der Waals surface area contributed by atoms with Crippen molar-refractivity contribution in [2.75, 3.05) is 0 Å². The number of hydrogen-bond donors (Lipinski definition) is 2. The summed E-state index contributed by atoms with van der Waals surface area (Å²) in [4.78, 5) is 15.9. The molecule has 114 valence electrons. The zero-order valence-electron chi connectivity index (χ0n) is 12.5. The predicted molar refractivity (Wildman–Crippen MR) is 88.1 cm³/mol. The van der Waals surface area contributed by atoms with Gasteiger partial charge in [0.15, 0.2) is 0 Å². The summed E-state index contributed by atoms with van der Waals surface area (Å²) in [5.41, 5.74) is 6.51. The average molecular weight is 305 g/mol. The number of nitrogens with zero attached hydrogens (tertiary/aromatic N) is 3. The van der Waals surface area contributed by atoms with Gasteiger partial charge in [-0.25, -0.2) is 5.43 Å². The molecule has 0 unspecified atom stereocenters. The Kier molecular flexibility index (Phi) is 4.24. The van der Waals surface area contributed by atoms with Gasteiger partial charge in [-0.3, -0.25) is 14.9 Å². The second kappa shape index (κ2) is 6.65. The molecule has 2 aromatic heterocycles. The van der Waals surface area contributed by atoms with Crippen LogP contribution in [-0.4, -0.2) is 27.3 Å². The normalized spacial score (nSPS) is 10.8. The number of hydrogen-bond acceptors (Lipinski definition) is 4. The number of benzene rings is 1. The molecule has 2 N–H and O–H groups in total. The standard InChI is InChI=1S/C17H15N5O/c1-12-2-4-14(5-3-12)15-10-16(21-20-15)17(23)22-19-11-13-6-8-18-9-7-13/h2-11H,1H3,(H,20,21)(H,22,23)/b19-11-. The van der Waals surface area contributed by atoms with Crippen molar-refractivity contribution in [3.8, 4) is 11.3 Å². The fourth-order valence-corrected chi connectivity index (χ4v) is 1.99. The third-order valence-electron chi connectivity index (χ3n) is 3.26. The first-order valence-electron chi connectivity index (χ1n) is 7.08. The van der Waals surface area contributed by atoms with Crippen molar-refractivity contribution in [1.82, 2.24) is 20.6 Å². The third kappa shape index (κ3) is 3.68. The maximum Gasteiger partial charge on any atom is 0.289 e. The predicted octanol–water partition coefficient (Wildman–Crippen LogP) is 2.54. The van der Waals surface area contributed by atoms with E-state index < -0.39 is 0 Å². The van der Waals surface area contributed by atoms with E-state index in [1.165, 1.54) is 5.56 Å². The first-order chi connectivity index (χ1) is 11.2. The van der Waals surface area contributed by atoms with Gasteiger partial charge >= 0.3 is 0 Å². The van der Waals surface area contributed by atoms with Crippen LogP contribution in [0.25, 0.3) is 11.3 Å². The van der Waals surface area contributed by atoms with Gasteiger partial charge in [-0.1, -0.05) is 29.8 Å². The lowest BCUT2D eigenvalue weighted by Crippen LogP contribution is -2.17. The molecule has 3 aromatic rings. The Morgan fingerprint density at radius 3 is 2.65 bits per heavy atom. The number of carbonyl (C=O) groups is 1. The van der Waals surface area contributed by atoms with E-state index in [1.807, 2.05) is 31.2 Å². The number of carbonyl (C=O) groups excluding carboxylic acids is 1. The van der Waals surface area contributed by atoms with Gasteiger partial charge in [-0.15, -0.1) is 0 Å². The summed E-state index contributed by atoms with van der Waals surface area (Å²) < 4.78 is 0. The molecule has 0 aliphatic carbocycles. The van der Waals surface area contributed by atoms with Crippen LogP contribution in [0.5, 0.6) is 0 Å². The van der Waals surface area contributed by atoms with Crippen molar-refractivity contribution >= 4 is 12.1 Å². The zero-order chi connectivity index (χ0) is 16.1.